The van der Waals surface area contributed by atoms with Crippen LogP contribution in [0.15, 0.2) is 54.6 Å². The standard InChI is InChI=1S/C24H27NO4/c1-5-28-21-11-12-23(29-6-2)22(15-21)25-24(26)16(3)17-7-8-19-14-20(27-4)10-9-18(19)13-17/h7-16H,5-6H2,1-4H3,(H,25,26)/t16-/m1/s1. The molecular formula is C24H27NO4. The maximum atomic E-state index is 12.9. The predicted octanol–water partition coefficient (Wildman–Crippen LogP) is 5.39. The lowest BCUT2D eigenvalue weighted by Crippen LogP contribution is -2.19. The number of carbonyl (C=O) groups is 1. The van der Waals surface area contributed by atoms with Gasteiger partial charge in [0.25, 0.3) is 0 Å². The van der Waals surface area contributed by atoms with E-state index in [0.717, 1.165) is 22.1 Å². The zero-order valence-corrected chi connectivity index (χ0v) is 17.3. The molecule has 1 amide bonds. The number of methoxy groups -OCH3 is 1. The number of carbonyl (C=O) groups excluding carboxylic acids is 1. The van der Waals surface area contributed by atoms with E-state index >= 15 is 0 Å². The third-order valence-electron chi connectivity index (χ3n) is 4.78. The van der Waals surface area contributed by atoms with Crippen LogP contribution in [0.4, 0.5) is 5.69 Å². The van der Waals surface area contributed by atoms with Gasteiger partial charge >= 0.3 is 0 Å². The molecule has 1 atom stereocenters. The maximum absolute atomic E-state index is 12.9. The van der Waals surface area contributed by atoms with Crippen molar-refractivity contribution in [2.45, 2.75) is 26.7 Å². The van der Waals surface area contributed by atoms with Gasteiger partial charge in [-0.1, -0.05) is 24.3 Å². The molecule has 0 radical (unpaired) electrons. The molecule has 0 fully saturated rings. The first kappa shape index (κ1) is 20.5. The predicted molar refractivity (Wildman–Crippen MR) is 116 cm³/mol. The van der Waals surface area contributed by atoms with Gasteiger partial charge in [0.1, 0.15) is 17.2 Å². The molecule has 3 rings (SSSR count). The van der Waals surface area contributed by atoms with Gasteiger partial charge in [-0.25, -0.2) is 0 Å². The Hall–Kier alpha value is -3.21. The molecule has 0 aliphatic heterocycles. The van der Waals surface area contributed by atoms with E-state index in [4.69, 9.17) is 14.2 Å². The monoisotopic (exact) mass is 393 g/mol. The Morgan fingerprint density at radius 1 is 0.897 bits per heavy atom. The summed E-state index contributed by atoms with van der Waals surface area (Å²) in [6.45, 7) is 6.80. The minimum Gasteiger partial charge on any atom is -0.497 e. The van der Waals surface area contributed by atoms with E-state index in [2.05, 4.69) is 5.32 Å². The molecule has 3 aromatic carbocycles. The van der Waals surface area contributed by atoms with E-state index in [1.165, 1.54) is 0 Å². The van der Waals surface area contributed by atoms with E-state index in [-0.39, 0.29) is 11.8 Å². The van der Waals surface area contributed by atoms with E-state index in [1.807, 2.05) is 69.3 Å². The minimum atomic E-state index is -0.327. The third kappa shape index (κ3) is 4.80. The van der Waals surface area contributed by atoms with Crippen molar-refractivity contribution in [2.75, 3.05) is 25.6 Å². The molecular weight excluding hydrogens is 366 g/mol. The lowest BCUT2D eigenvalue weighted by atomic mass is 9.97. The molecule has 0 spiro atoms. The van der Waals surface area contributed by atoms with Crippen molar-refractivity contribution in [3.8, 4) is 17.2 Å². The third-order valence-corrected chi connectivity index (χ3v) is 4.78. The fraction of sp³-hybridized carbons (Fsp3) is 0.292. The van der Waals surface area contributed by atoms with E-state index < -0.39 is 0 Å². The second-order valence-electron chi connectivity index (χ2n) is 6.71. The van der Waals surface area contributed by atoms with Crippen molar-refractivity contribution in [2.24, 2.45) is 0 Å². The number of fused-ring (bicyclic) bond motifs is 1. The molecule has 0 aromatic heterocycles. The Morgan fingerprint density at radius 2 is 1.59 bits per heavy atom. The highest BCUT2D eigenvalue weighted by molar-refractivity contribution is 5.97. The van der Waals surface area contributed by atoms with Gasteiger partial charge in [0.05, 0.1) is 31.9 Å². The van der Waals surface area contributed by atoms with Crippen LogP contribution in [-0.2, 0) is 4.79 Å². The molecule has 0 aliphatic rings. The highest BCUT2D eigenvalue weighted by Crippen LogP contribution is 2.31. The topological polar surface area (TPSA) is 56.8 Å². The van der Waals surface area contributed by atoms with Crippen LogP contribution < -0.4 is 19.5 Å². The fourth-order valence-electron chi connectivity index (χ4n) is 3.18. The maximum Gasteiger partial charge on any atom is 0.231 e. The van der Waals surface area contributed by atoms with Crippen molar-refractivity contribution in [1.82, 2.24) is 0 Å². The summed E-state index contributed by atoms with van der Waals surface area (Å²) in [5.41, 5.74) is 1.55. The summed E-state index contributed by atoms with van der Waals surface area (Å²) in [6, 6.07) is 17.4. The van der Waals surface area contributed by atoms with Crippen LogP contribution in [0.25, 0.3) is 10.8 Å². The smallest absolute Gasteiger partial charge is 0.231 e. The van der Waals surface area contributed by atoms with Crippen LogP contribution in [-0.4, -0.2) is 26.2 Å². The van der Waals surface area contributed by atoms with Crippen LogP contribution in [0.1, 0.15) is 32.3 Å². The van der Waals surface area contributed by atoms with Crippen molar-refractivity contribution >= 4 is 22.4 Å². The largest absolute Gasteiger partial charge is 0.497 e. The van der Waals surface area contributed by atoms with Gasteiger partial charge in [0.15, 0.2) is 0 Å². The first-order chi connectivity index (χ1) is 14.0. The molecule has 29 heavy (non-hydrogen) atoms. The van der Waals surface area contributed by atoms with Gasteiger partial charge in [-0.2, -0.15) is 0 Å². The Morgan fingerprint density at radius 3 is 2.31 bits per heavy atom. The van der Waals surface area contributed by atoms with Crippen LogP contribution in [0.5, 0.6) is 17.2 Å². The second kappa shape index (κ2) is 9.32. The van der Waals surface area contributed by atoms with Crippen molar-refractivity contribution in [1.29, 1.82) is 0 Å². The zero-order valence-electron chi connectivity index (χ0n) is 17.3. The Labute approximate surface area is 171 Å². The quantitative estimate of drug-likeness (QED) is 0.558. The summed E-state index contributed by atoms with van der Waals surface area (Å²) < 4.78 is 16.5. The number of hydrogen-bond donors (Lipinski definition) is 1. The minimum absolute atomic E-state index is 0.104. The molecule has 0 saturated heterocycles. The lowest BCUT2D eigenvalue weighted by Gasteiger charge is -2.17. The average Bonchev–Trinajstić information content (AvgIpc) is 2.74. The second-order valence-corrected chi connectivity index (χ2v) is 6.71. The Balaban J connectivity index is 1.83. The molecule has 152 valence electrons. The van der Waals surface area contributed by atoms with E-state index in [9.17, 15) is 4.79 Å². The molecule has 1 N–H and O–H groups in total. The molecule has 0 heterocycles. The van der Waals surface area contributed by atoms with Crippen molar-refractivity contribution in [3.63, 3.8) is 0 Å². The van der Waals surface area contributed by atoms with E-state index in [0.29, 0.717) is 30.4 Å². The highest BCUT2D eigenvalue weighted by atomic mass is 16.5. The number of rotatable bonds is 8. The van der Waals surface area contributed by atoms with Crippen LogP contribution >= 0.6 is 0 Å². The van der Waals surface area contributed by atoms with Gasteiger partial charge in [0, 0.05) is 6.07 Å². The van der Waals surface area contributed by atoms with Gasteiger partial charge < -0.3 is 19.5 Å². The lowest BCUT2D eigenvalue weighted by molar-refractivity contribution is -0.117. The summed E-state index contributed by atoms with van der Waals surface area (Å²) in [6.07, 6.45) is 0. The van der Waals surface area contributed by atoms with Gasteiger partial charge in [-0.3, -0.25) is 4.79 Å². The Bertz CT molecular complexity index is 999. The zero-order chi connectivity index (χ0) is 20.8. The molecule has 0 unspecified atom stereocenters. The summed E-state index contributed by atoms with van der Waals surface area (Å²) in [7, 11) is 1.65. The SMILES string of the molecule is CCOc1ccc(OCC)c(NC(=O)[C@H](C)c2ccc3cc(OC)ccc3c2)c1. The van der Waals surface area contributed by atoms with Crippen LogP contribution in [0.3, 0.4) is 0 Å². The van der Waals surface area contributed by atoms with Gasteiger partial charge in [-0.15, -0.1) is 0 Å². The average molecular weight is 393 g/mol. The van der Waals surface area contributed by atoms with Gasteiger partial charge in [0.2, 0.25) is 5.91 Å². The summed E-state index contributed by atoms with van der Waals surface area (Å²) in [5, 5.41) is 5.13. The number of nitrogens with one attached hydrogen (secondary N) is 1. The summed E-state index contributed by atoms with van der Waals surface area (Å²) >= 11 is 0. The molecule has 0 bridgehead atoms. The molecule has 0 aliphatic carbocycles. The van der Waals surface area contributed by atoms with E-state index in [1.54, 1.807) is 13.2 Å². The first-order valence-corrected chi connectivity index (χ1v) is 9.84. The first-order valence-electron chi connectivity index (χ1n) is 9.84. The number of hydrogen-bond acceptors (Lipinski definition) is 4. The van der Waals surface area contributed by atoms with Gasteiger partial charge in [-0.05, 0) is 61.4 Å². The van der Waals surface area contributed by atoms with Crippen molar-refractivity contribution in [3.05, 3.63) is 60.2 Å². The Kier molecular flexibility index (Phi) is 6.60. The summed E-state index contributed by atoms with van der Waals surface area (Å²) in [4.78, 5) is 12.9. The number of anilines is 1. The molecule has 0 saturated carbocycles. The normalized spacial score (nSPS) is 11.7. The molecule has 3 aromatic rings. The van der Waals surface area contributed by atoms with Crippen molar-refractivity contribution < 1.29 is 19.0 Å². The fourth-order valence-corrected chi connectivity index (χ4v) is 3.18. The number of benzene rings is 3. The summed E-state index contributed by atoms with van der Waals surface area (Å²) in [5.74, 6) is 1.70. The number of ether oxygens (including phenoxy) is 3. The molecule has 5 nitrogen and oxygen atoms in total. The van der Waals surface area contributed by atoms with Crippen LogP contribution in [0.2, 0.25) is 0 Å². The highest BCUT2D eigenvalue weighted by Gasteiger charge is 2.18. The molecule has 5 heteroatoms. The number of amides is 1. The van der Waals surface area contributed by atoms with Crippen LogP contribution in [0, 0.1) is 0 Å².